The van der Waals surface area contributed by atoms with Gasteiger partial charge in [0.05, 0.1) is 18.4 Å². The molecule has 0 aromatic carbocycles. The van der Waals surface area contributed by atoms with Crippen molar-refractivity contribution in [1.82, 2.24) is 29.1 Å². The van der Waals surface area contributed by atoms with Gasteiger partial charge in [-0.1, -0.05) is 67.5 Å². The van der Waals surface area contributed by atoms with Gasteiger partial charge in [-0.3, -0.25) is 4.79 Å². The van der Waals surface area contributed by atoms with E-state index in [1.54, 1.807) is 37.5 Å². The zero-order valence-electron chi connectivity index (χ0n) is 30.8. The third kappa shape index (κ3) is 19.3. The Morgan fingerprint density at radius 3 is 1.62 bits per heavy atom. The minimum Gasteiger partial charge on any atom is -0.392 e. The van der Waals surface area contributed by atoms with Gasteiger partial charge >= 0.3 is 0 Å². The summed E-state index contributed by atoms with van der Waals surface area (Å²) in [7, 11) is -2.02. The number of aryl methyl sites for hydroxylation is 3. The Kier molecular flexibility index (Phi) is 17.0. The Bertz CT molecular complexity index is 1440. The minimum absolute atomic E-state index is 0.00474. The average molecular weight is 709 g/mol. The molecular formula is C31H60N6O8S2. The van der Waals surface area contributed by atoms with Gasteiger partial charge in [-0.05, 0) is 42.9 Å². The fourth-order valence-corrected chi connectivity index (χ4v) is 6.21. The molecule has 0 radical (unpaired) electrons. The normalized spacial score (nSPS) is 14.0. The van der Waals surface area contributed by atoms with Crippen molar-refractivity contribution >= 4 is 26.0 Å². The van der Waals surface area contributed by atoms with E-state index in [4.69, 9.17) is 4.52 Å². The first kappa shape index (κ1) is 44.6. The molecule has 0 spiro atoms. The zero-order valence-corrected chi connectivity index (χ0v) is 32.4. The molecule has 274 valence electrons. The van der Waals surface area contributed by atoms with Crippen LogP contribution in [0.1, 0.15) is 93.2 Å². The predicted molar refractivity (Wildman–Crippen MR) is 182 cm³/mol. The molecule has 4 N–H and O–H groups in total. The molecular weight excluding hydrogens is 649 g/mol. The highest BCUT2D eigenvalue weighted by Crippen LogP contribution is 2.22. The van der Waals surface area contributed by atoms with Crippen molar-refractivity contribution in [3.05, 3.63) is 24.0 Å². The van der Waals surface area contributed by atoms with Crippen molar-refractivity contribution in [3.8, 4) is 0 Å². The third-order valence-corrected chi connectivity index (χ3v) is 9.06. The standard InChI is InChI=1S/C12H23N3O3S.C11H20N2O4S.C8H17NO/c1-9-14-11(8-15(9)5)19(17,18)13-7-10(16)6-12(2,3)4;1-8-10(7-12-17-8)18(15,16)13-6-9(14)5-11(2,3)4;1-8(2,3)6-7(10)9(4)5/h8,10,13,16H,6-7H2,1-5H3;7,9,13-14H,5-6H2,1-4H3;6H2,1-5H3. The number of imidazole rings is 1. The van der Waals surface area contributed by atoms with Crippen LogP contribution in [0.2, 0.25) is 0 Å². The summed E-state index contributed by atoms with van der Waals surface area (Å²) in [5.41, 5.74) is 0.00572. The molecule has 0 saturated heterocycles. The first-order chi connectivity index (χ1) is 21.0. The number of amides is 1. The van der Waals surface area contributed by atoms with Crippen LogP contribution in [0, 0.1) is 30.1 Å². The Morgan fingerprint density at radius 1 is 0.872 bits per heavy atom. The summed E-state index contributed by atoms with van der Waals surface area (Å²) < 4.78 is 58.7. The van der Waals surface area contributed by atoms with E-state index in [0.717, 1.165) is 6.20 Å². The molecule has 0 aliphatic rings. The van der Waals surface area contributed by atoms with Gasteiger partial charge in [-0.2, -0.15) is 0 Å². The van der Waals surface area contributed by atoms with Crippen LogP contribution < -0.4 is 9.44 Å². The van der Waals surface area contributed by atoms with E-state index in [2.05, 4.69) is 40.4 Å². The maximum absolute atomic E-state index is 12.0. The van der Waals surface area contributed by atoms with Crippen molar-refractivity contribution in [3.63, 3.8) is 0 Å². The largest absolute Gasteiger partial charge is 0.392 e. The smallest absolute Gasteiger partial charge is 0.259 e. The van der Waals surface area contributed by atoms with E-state index in [1.165, 1.54) is 13.1 Å². The maximum Gasteiger partial charge on any atom is 0.259 e. The van der Waals surface area contributed by atoms with Crippen LogP contribution in [0.25, 0.3) is 0 Å². The highest BCUT2D eigenvalue weighted by Gasteiger charge is 2.24. The number of aliphatic hydroxyl groups is 2. The first-order valence-electron chi connectivity index (χ1n) is 15.4. The van der Waals surface area contributed by atoms with Crippen molar-refractivity contribution in [2.75, 3.05) is 27.2 Å². The number of carbonyl (C=O) groups is 1. The van der Waals surface area contributed by atoms with Crippen LogP contribution in [0.3, 0.4) is 0 Å². The van der Waals surface area contributed by atoms with Crippen LogP contribution >= 0.6 is 0 Å². The quantitative estimate of drug-likeness (QED) is 0.269. The summed E-state index contributed by atoms with van der Waals surface area (Å²) in [6.07, 6.45) is 2.83. The molecule has 2 rings (SSSR count). The van der Waals surface area contributed by atoms with E-state index < -0.39 is 32.3 Å². The van der Waals surface area contributed by atoms with Crippen molar-refractivity contribution in [1.29, 1.82) is 0 Å². The lowest BCUT2D eigenvalue weighted by Crippen LogP contribution is -2.34. The maximum atomic E-state index is 12.0. The number of nitrogens with zero attached hydrogens (tertiary/aromatic N) is 4. The SMILES string of the molecule is CN(C)C(=O)CC(C)(C)C.Cc1nc(S(=O)(=O)NCC(O)CC(C)(C)C)cn1C.Cc1oncc1S(=O)(=O)NCC(O)CC(C)(C)C. The van der Waals surface area contributed by atoms with Crippen molar-refractivity contribution in [2.45, 2.75) is 118 Å². The Morgan fingerprint density at radius 2 is 1.32 bits per heavy atom. The average Bonchev–Trinajstić information content (AvgIpc) is 3.45. The molecule has 2 atom stereocenters. The van der Waals surface area contributed by atoms with Gasteiger partial charge in [0.15, 0.2) is 10.8 Å². The molecule has 0 saturated carbocycles. The molecule has 14 nitrogen and oxygen atoms in total. The van der Waals surface area contributed by atoms with E-state index in [9.17, 15) is 31.8 Å². The molecule has 0 fully saturated rings. The van der Waals surface area contributed by atoms with Gasteiger partial charge in [0.25, 0.3) is 10.0 Å². The lowest BCUT2D eigenvalue weighted by Gasteiger charge is -2.22. The van der Waals surface area contributed by atoms with E-state index in [-0.39, 0.29) is 50.9 Å². The molecule has 2 heterocycles. The highest BCUT2D eigenvalue weighted by molar-refractivity contribution is 7.89. The van der Waals surface area contributed by atoms with Crippen molar-refractivity contribution < 1.29 is 36.4 Å². The Balaban J connectivity index is 0.000000710. The summed E-state index contributed by atoms with van der Waals surface area (Å²) in [4.78, 5) is 16.7. The number of hydrogen-bond donors (Lipinski definition) is 4. The fraction of sp³-hybridized carbons (Fsp3) is 0.774. The third-order valence-electron chi connectivity index (χ3n) is 6.25. The molecule has 2 aromatic heterocycles. The van der Waals surface area contributed by atoms with Gasteiger partial charge in [-0.25, -0.2) is 31.3 Å². The van der Waals surface area contributed by atoms with Gasteiger partial charge in [0.1, 0.15) is 10.7 Å². The Hall–Kier alpha value is -2.37. The number of hydrogen-bond acceptors (Lipinski definition) is 10. The minimum atomic E-state index is -3.66. The second-order valence-corrected chi connectivity index (χ2v) is 19.0. The van der Waals surface area contributed by atoms with Gasteiger partial charge in [0, 0.05) is 46.9 Å². The van der Waals surface area contributed by atoms with Crippen LogP contribution in [-0.2, 0) is 31.9 Å². The number of rotatable bonds is 11. The molecule has 47 heavy (non-hydrogen) atoms. The summed E-state index contributed by atoms with van der Waals surface area (Å²) in [6.45, 7) is 21.3. The summed E-state index contributed by atoms with van der Waals surface area (Å²) in [5, 5.41) is 23.0. The molecule has 0 bridgehead atoms. The van der Waals surface area contributed by atoms with Crippen LogP contribution in [-0.4, -0.2) is 92.0 Å². The number of aromatic nitrogens is 3. The number of nitrogens with one attached hydrogen (secondary N) is 2. The first-order valence-corrected chi connectivity index (χ1v) is 18.4. The molecule has 2 unspecified atom stereocenters. The predicted octanol–water partition coefficient (Wildman–Crippen LogP) is 3.37. The van der Waals surface area contributed by atoms with Crippen LogP contribution in [0.4, 0.5) is 0 Å². The molecule has 0 aliphatic carbocycles. The molecule has 16 heteroatoms. The highest BCUT2D eigenvalue weighted by atomic mass is 32.2. The second-order valence-electron chi connectivity index (χ2n) is 15.6. The monoisotopic (exact) mass is 708 g/mol. The number of carbonyl (C=O) groups excluding carboxylic acids is 1. The number of sulfonamides is 2. The Labute approximate surface area is 282 Å². The van der Waals surface area contributed by atoms with E-state index in [0.29, 0.717) is 25.1 Å². The summed E-state index contributed by atoms with van der Waals surface area (Å²) in [5.74, 6) is 1.05. The summed E-state index contributed by atoms with van der Waals surface area (Å²) >= 11 is 0. The second kappa shape index (κ2) is 17.9. The van der Waals surface area contributed by atoms with Crippen LogP contribution in [0.15, 0.2) is 26.8 Å². The van der Waals surface area contributed by atoms with Crippen molar-refractivity contribution in [2.24, 2.45) is 23.3 Å². The molecule has 2 aromatic rings. The van der Waals surface area contributed by atoms with Crippen LogP contribution in [0.5, 0.6) is 0 Å². The van der Waals surface area contributed by atoms with Gasteiger partial charge in [-0.15, -0.1) is 0 Å². The summed E-state index contributed by atoms with van der Waals surface area (Å²) in [6, 6.07) is 0. The molecule has 0 aliphatic heterocycles. The lowest BCUT2D eigenvalue weighted by molar-refractivity contribution is -0.130. The van der Waals surface area contributed by atoms with Gasteiger partial charge in [0.2, 0.25) is 15.9 Å². The topological polar surface area (TPSA) is 197 Å². The van der Waals surface area contributed by atoms with Gasteiger partial charge < -0.3 is 24.2 Å². The number of aliphatic hydroxyl groups excluding tert-OH is 2. The van der Waals surface area contributed by atoms with E-state index in [1.807, 2.05) is 41.5 Å². The van der Waals surface area contributed by atoms with E-state index >= 15 is 0 Å². The molecule has 1 amide bonds. The zero-order chi connectivity index (χ0) is 37.2. The lowest BCUT2D eigenvalue weighted by atomic mass is 9.89. The fourth-order valence-electron chi connectivity index (χ4n) is 3.94.